The van der Waals surface area contributed by atoms with E-state index in [1.54, 1.807) is 6.07 Å². The molecular formula is C15H19BrFNO. The molecule has 2 rings (SSSR count). The maximum absolute atomic E-state index is 13.2. The molecule has 1 amide bonds. The first-order chi connectivity index (χ1) is 9.02. The Kier molecular flexibility index (Phi) is 4.61. The van der Waals surface area contributed by atoms with E-state index in [-0.39, 0.29) is 17.8 Å². The second-order valence-electron chi connectivity index (χ2n) is 5.31. The standard InChI is InChI=1S/C15H19BrFNO/c1-3-10-4-7-14(9(10)2)18-15(19)12-8-11(17)5-6-13(12)16/h5-6,8-10,14H,3-4,7H2,1-2H3,(H,18,19). The molecule has 0 spiro atoms. The van der Waals surface area contributed by atoms with Gasteiger partial charge in [-0.1, -0.05) is 20.3 Å². The lowest BCUT2D eigenvalue weighted by atomic mass is 9.93. The van der Waals surface area contributed by atoms with Crippen molar-refractivity contribution < 1.29 is 9.18 Å². The lowest BCUT2D eigenvalue weighted by Crippen LogP contribution is -2.37. The number of carbonyl (C=O) groups excluding carboxylic acids is 1. The van der Waals surface area contributed by atoms with Gasteiger partial charge in [-0.3, -0.25) is 4.79 Å². The molecule has 19 heavy (non-hydrogen) atoms. The lowest BCUT2D eigenvalue weighted by Gasteiger charge is -2.21. The van der Waals surface area contributed by atoms with Crippen molar-refractivity contribution >= 4 is 21.8 Å². The van der Waals surface area contributed by atoms with Crippen molar-refractivity contribution in [2.75, 3.05) is 0 Å². The van der Waals surface area contributed by atoms with Crippen LogP contribution in [0.4, 0.5) is 4.39 Å². The molecule has 104 valence electrons. The summed E-state index contributed by atoms with van der Waals surface area (Å²) in [5.74, 6) is 0.585. The minimum absolute atomic E-state index is 0.194. The van der Waals surface area contributed by atoms with Crippen molar-refractivity contribution in [3.63, 3.8) is 0 Å². The van der Waals surface area contributed by atoms with Crippen LogP contribution in [0.15, 0.2) is 22.7 Å². The topological polar surface area (TPSA) is 29.1 Å². The number of nitrogens with one attached hydrogen (secondary N) is 1. The van der Waals surface area contributed by atoms with Gasteiger partial charge in [0.2, 0.25) is 0 Å². The summed E-state index contributed by atoms with van der Waals surface area (Å²) >= 11 is 3.29. The molecule has 1 N–H and O–H groups in total. The van der Waals surface area contributed by atoms with Crippen molar-refractivity contribution in [1.82, 2.24) is 5.32 Å². The molecule has 0 aliphatic heterocycles. The Balaban J connectivity index is 2.07. The van der Waals surface area contributed by atoms with Gasteiger partial charge in [-0.15, -0.1) is 0 Å². The fourth-order valence-electron chi connectivity index (χ4n) is 2.95. The van der Waals surface area contributed by atoms with Gasteiger partial charge in [0, 0.05) is 10.5 Å². The summed E-state index contributed by atoms with van der Waals surface area (Å²) in [5, 5.41) is 3.04. The van der Waals surface area contributed by atoms with Crippen LogP contribution in [0.25, 0.3) is 0 Å². The number of halogens is 2. The molecule has 0 heterocycles. The van der Waals surface area contributed by atoms with Crippen LogP contribution in [-0.2, 0) is 0 Å². The van der Waals surface area contributed by atoms with Crippen LogP contribution < -0.4 is 5.32 Å². The Bertz CT molecular complexity index is 477. The quantitative estimate of drug-likeness (QED) is 0.888. The predicted molar refractivity (Wildman–Crippen MR) is 77.5 cm³/mol. The summed E-state index contributed by atoms with van der Waals surface area (Å²) in [7, 11) is 0. The van der Waals surface area contributed by atoms with Crippen molar-refractivity contribution in [2.24, 2.45) is 11.8 Å². The Labute approximate surface area is 121 Å². The van der Waals surface area contributed by atoms with Crippen LogP contribution in [-0.4, -0.2) is 11.9 Å². The van der Waals surface area contributed by atoms with Crippen LogP contribution in [0.1, 0.15) is 43.5 Å². The van der Waals surface area contributed by atoms with Gasteiger partial charge >= 0.3 is 0 Å². The summed E-state index contributed by atoms with van der Waals surface area (Å²) in [6, 6.07) is 4.38. The van der Waals surface area contributed by atoms with Gasteiger partial charge in [0.25, 0.3) is 5.91 Å². The number of hydrogen-bond donors (Lipinski definition) is 1. The number of rotatable bonds is 3. The second kappa shape index (κ2) is 6.04. The fraction of sp³-hybridized carbons (Fsp3) is 0.533. The average molecular weight is 328 g/mol. The van der Waals surface area contributed by atoms with E-state index in [1.165, 1.54) is 12.1 Å². The monoisotopic (exact) mass is 327 g/mol. The molecular weight excluding hydrogens is 309 g/mol. The highest BCUT2D eigenvalue weighted by atomic mass is 79.9. The lowest BCUT2D eigenvalue weighted by molar-refractivity contribution is 0.0925. The second-order valence-corrected chi connectivity index (χ2v) is 6.16. The molecule has 1 aromatic carbocycles. The fourth-order valence-corrected chi connectivity index (χ4v) is 3.37. The number of benzene rings is 1. The summed E-state index contributed by atoms with van der Waals surface area (Å²) in [5.41, 5.74) is 0.368. The van der Waals surface area contributed by atoms with E-state index >= 15 is 0 Å². The van der Waals surface area contributed by atoms with Gasteiger partial charge in [0.1, 0.15) is 5.82 Å². The van der Waals surface area contributed by atoms with E-state index < -0.39 is 0 Å². The summed E-state index contributed by atoms with van der Waals surface area (Å²) < 4.78 is 13.8. The first kappa shape index (κ1) is 14.5. The molecule has 4 heteroatoms. The van der Waals surface area contributed by atoms with Crippen LogP contribution in [0.5, 0.6) is 0 Å². The molecule has 3 atom stereocenters. The number of amides is 1. The Morgan fingerprint density at radius 2 is 2.21 bits per heavy atom. The molecule has 3 unspecified atom stereocenters. The molecule has 1 aliphatic rings. The van der Waals surface area contributed by atoms with E-state index in [9.17, 15) is 9.18 Å². The Morgan fingerprint density at radius 1 is 1.47 bits per heavy atom. The van der Waals surface area contributed by atoms with Gasteiger partial charge in [0.05, 0.1) is 5.56 Å². The van der Waals surface area contributed by atoms with E-state index in [4.69, 9.17) is 0 Å². The highest BCUT2D eigenvalue weighted by molar-refractivity contribution is 9.10. The smallest absolute Gasteiger partial charge is 0.252 e. The van der Waals surface area contributed by atoms with Gasteiger partial charge in [-0.25, -0.2) is 4.39 Å². The van der Waals surface area contributed by atoms with E-state index in [2.05, 4.69) is 35.1 Å². The zero-order valence-electron chi connectivity index (χ0n) is 11.2. The van der Waals surface area contributed by atoms with Crippen molar-refractivity contribution in [3.8, 4) is 0 Å². The van der Waals surface area contributed by atoms with Crippen LogP contribution in [0, 0.1) is 17.7 Å². The minimum atomic E-state index is -0.390. The molecule has 1 saturated carbocycles. The van der Waals surface area contributed by atoms with Crippen LogP contribution in [0.2, 0.25) is 0 Å². The summed E-state index contributed by atoms with van der Waals surface area (Å²) in [6.45, 7) is 4.38. The first-order valence-corrected chi connectivity index (χ1v) is 7.58. The molecule has 0 saturated heterocycles. The summed E-state index contributed by atoms with van der Waals surface area (Å²) in [6.07, 6.45) is 3.32. The highest BCUT2D eigenvalue weighted by Gasteiger charge is 2.32. The summed E-state index contributed by atoms with van der Waals surface area (Å²) in [4.78, 5) is 12.2. The molecule has 0 bridgehead atoms. The maximum atomic E-state index is 13.2. The van der Waals surface area contributed by atoms with Gasteiger partial charge < -0.3 is 5.32 Å². The molecule has 2 nitrogen and oxygen atoms in total. The van der Waals surface area contributed by atoms with Gasteiger partial charge in [-0.2, -0.15) is 0 Å². The Hall–Kier alpha value is -0.900. The normalized spacial score (nSPS) is 26.4. The van der Waals surface area contributed by atoms with E-state index in [0.29, 0.717) is 21.9 Å². The zero-order chi connectivity index (χ0) is 14.0. The third kappa shape index (κ3) is 3.16. The maximum Gasteiger partial charge on any atom is 0.252 e. The third-order valence-electron chi connectivity index (χ3n) is 4.24. The third-order valence-corrected chi connectivity index (χ3v) is 4.93. The number of hydrogen-bond acceptors (Lipinski definition) is 1. The number of carbonyl (C=O) groups is 1. The van der Waals surface area contributed by atoms with Crippen molar-refractivity contribution in [1.29, 1.82) is 0 Å². The minimum Gasteiger partial charge on any atom is -0.349 e. The zero-order valence-corrected chi connectivity index (χ0v) is 12.8. The first-order valence-electron chi connectivity index (χ1n) is 6.78. The molecule has 1 fully saturated rings. The SMILES string of the molecule is CCC1CCC(NC(=O)c2cc(F)ccc2Br)C1C. The molecule has 1 aliphatic carbocycles. The highest BCUT2D eigenvalue weighted by Crippen LogP contribution is 2.34. The molecule has 1 aromatic rings. The largest absolute Gasteiger partial charge is 0.349 e. The van der Waals surface area contributed by atoms with E-state index in [0.717, 1.165) is 19.3 Å². The van der Waals surface area contributed by atoms with Gasteiger partial charge in [-0.05, 0) is 58.8 Å². The average Bonchev–Trinajstić information content (AvgIpc) is 2.73. The molecule has 0 radical (unpaired) electrons. The van der Waals surface area contributed by atoms with Crippen LogP contribution in [0.3, 0.4) is 0 Å². The van der Waals surface area contributed by atoms with Crippen molar-refractivity contribution in [2.45, 2.75) is 39.2 Å². The van der Waals surface area contributed by atoms with Crippen molar-refractivity contribution in [3.05, 3.63) is 34.1 Å². The Morgan fingerprint density at radius 3 is 2.84 bits per heavy atom. The molecule has 0 aromatic heterocycles. The predicted octanol–water partition coefficient (Wildman–Crippen LogP) is 4.14. The van der Waals surface area contributed by atoms with Gasteiger partial charge in [0.15, 0.2) is 0 Å². The van der Waals surface area contributed by atoms with E-state index in [1.807, 2.05) is 0 Å². The van der Waals surface area contributed by atoms with Crippen LogP contribution >= 0.6 is 15.9 Å².